The third-order valence-electron chi connectivity index (χ3n) is 10.3. The highest BCUT2D eigenvalue weighted by Gasteiger charge is 2.68. The molecule has 1 amide bonds. The zero-order valence-corrected chi connectivity index (χ0v) is 33.3. The smallest absolute Gasteiger partial charge is 0.378 e. The Labute approximate surface area is 342 Å². The van der Waals surface area contributed by atoms with Gasteiger partial charge in [-0.15, -0.1) is 0 Å². The zero-order valence-electron chi connectivity index (χ0n) is 32.5. The summed E-state index contributed by atoms with van der Waals surface area (Å²) in [6, 6.07) is 9.04. The maximum absolute atomic E-state index is 15.4. The van der Waals surface area contributed by atoms with E-state index >= 15 is 8.78 Å². The summed E-state index contributed by atoms with van der Waals surface area (Å²) in [6.45, 7) is 1.75. The van der Waals surface area contributed by atoms with E-state index in [1.54, 1.807) is 31.3 Å². The molecule has 4 aromatic heterocycles. The van der Waals surface area contributed by atoms with Crippen molar-refractivity contribution in [3.8, 4) is 23.0 Å². The number of aliphatic hydroxyl groups is 1. The predicted octanol–water partition coefficient (Wildman–Crippen LogP) is 6.09. The molecular formula is C40H34F7N9O4S. The molecule has 61 heavy (non-hydrogen) atoms. The molecule has 8 rings (SSSR count). The van der Waals surface area contributed by atoms with Gasteiger partial charge in [-0.25, -0.2) is 18.7 Å². The lowest BCUT2D eigenvalue weighted by Gasteiger charge is -2.23. The number of amides is 1. The number of rotatable bonds is 10. The summed E-state index contributed by atoms with van der Waals surface area (Å²) in [6.07, 6.45) is -3.04. The maximum Gasteiger partial charge on any atom is 0.435 e. The quantitative estimate of drug-likeness (QED) is 0.110. The number of carbonyl (C=O) groups excluding carboxylic acids is 1. The summed E-state index contributed by atoms with van der Waals surface area (Å²) in [4.78, 5) is 22.6. The molecule has 0 saturated heterocycles. The van der Waals surface area contributed by atoms with Gasteiger partial charge >= 0.3 is 6.18 Å². The van der Waals surface area contributed by atoms with E-state index in [-0.39, 0.29) is 39.8 Å². The van der Waals surface area contributed by atoms with Gasteiger partial charge in [0.2, 0.25) is 5.91 Å². The lowest BCUT2D eigenvalue weighted by Crippen LogP contribution is -2.35. The second-order valence-electron chi connectivity index (χ2n) is 15.5. The topological polar surface area (TPSA) is 162 Å². The molecule has 1 fully saturated rings. The number of carbonyl (C=O) groups is 1. The van der Waals surface area contributed by atoms with Gasteiger partial charge in [-0.1, -0.05) is 18.1 Å². The fraction of sp³-hybridized carbons (Fsp3) is 0.325. The fourth-order valence-corrected chi connectivity index (χ4v) is 8.74. The first kappa shape index (κ1) is 41.5. The van der Waals surface area contributed by atoms with Crippen LogP contribution in [0.15, 0.2) is 66.1 Å². The molecule has 0 bridgehead atoms. The summed E-state index contributed by atoms with van der Waals surface area (Å²) in [7, 11) is -1.10. The summed E-state index contributed by atoms with van der Waals surface area (Å²) in [5.41, 5.74) is -3.67. The SMILES string of the molecule is Cn1cnc(S(=O)(=O)Nc2nn(C)c3c(-c4ccc(C#CC(C)(C)O)nc4[C@H](Cc4cc(F)cc(F)c4)NC(=O)Cn4nc(C(F)(F)F)c5c4C(F)(F)C4C[C@H]54)cccc23)c1. The number of halogens is 7. The third-order valence-corrected chi connectivity index (χ3v) is 11.5. The molecule has 1 unspecified atom stereocenters. The average molecular weight is 870 g/mol. The van der Waals surface area contributed by atoms with Crippen molar-refractivity contribution >= 4 is 32.7 Å². The standard InChI is InChI=1S/C40H34F7N9O4S/c1-38(2,58)11-10-23-8-9-24(25-6-5-7-26-34(25)55(4)52-37(26)53-61(59,60)31-18-54(3)19-48-31)33(49-23)29(14-20-12-21(41)15-22(42)13-20)50-30(57)17-56-36-32(35(51-56)40(45,46)47)27-16-28(27)39(36,43)44/h5-9,12-13,15,18-19,27-29,58H,14,16-17H2,1-4H3,(H,50,57)(H,52,53)/t27-,28?,29-/m0/s1. The predicted molar refractivity (Wildman–Crippen MR) is 204 cm³/mol. The van der Waals surface area contributed by atoms with Gasteiger partial charge in [0.15, 0.2) is 16.5 Å². The molecule has 13 nitrogen and oxygen atoms in total. The van der Waals surface area contributed by atoms with Crippen molar-refractivity contribution in [2.24, 2.45) is 20.0 Å². The number of hydrogen-bond acceptors (Lipinski definition) is 8. The Morgan fingerprint density at radius 1 is 1.05 bits per heavy atom. The Bertz CT molecular complexity index is 2920. The highest BCUT2D eigenvalue weighted by Crippen LogP contribution is 2.68. The van der Waals surface area contributed by atoms with Gasteiger partial charge in [0.05, 0.1) is 23.6 Å². The van der Waals surface area contributed by atoms with Crippen molar-refractivity contribution in [2.45, 2.75) is 67.9 Å². The van der Waals surface area contributed by atoms with E-state index in [4.69, 9.17) is 4.98 Å². The number of sulfonamides is 1. The number of pyridine rings is 1. The molecule has 2 aromatic carbocycles. The van der Waals surface area contributed by atoms with Gasteiger partial charge in [0.1, 0.15) is 35.2 Å². The van der Waals surface area contributed by atoms with Crippen LogP contribution in [0.4, 0.5) is 36.6 Å². The van der Waals surface area contributed by atoms with Crippen LogP contribution in [0.25, 0.3) is 22.0 Å². The van der Waals surface area contributed by atoms with Crippen LogP contribution in [0.5, 0.6) is 0 Å². The van der Waals surface area contributed by atoms with E-state index < -0.39 is 93.1 Å². The molecule has 1 saturated carbocycles. The van der Waals surface area contributed by atoms with E-state index in [9.17, 15) is 40.3 Å². The Morgan fingerprint density at radius 2 is 1.77 bits per heavy atom. The monoisotopic (exact) mass is 869 g/mol. The van der Waals surface area contributed by atoms with E-state index in [0.29, 0.717) is 27.2 Å². The minimum Gasteiger partial charge on any atom is -0.378 e. The second-order valence-corrected chi connectivity index (χ2v) is 17.2. The van der Waals surface area contributed by atoms with Crippen molar-refractivity contribution in [1.82, 2.24) is 39.4 Å². The summed E-state index contributed by atoms with van der Waals surface area (Å²) in [5.74, 6) is -3.84. The number of nitrogens with one attached hydrogen (secondary N) is 2. The van der Waals surface area contributed by atoms with Crippen molar-refractivity contribution in [3.05, 3.63) is 107 Å². The number of alkyl halides is 5. The highest BCUT2D eigenvalue weighted by atomic mass is 32.2. The van der Waals surface area contributed by atoms with E-state index in [1.807, 2.05) is 0 Å². The molecule has 0 spiro atoms. The van der Waals surface area contributed by atoms with Crippen LogP contribution in [0.3, 0.4) is 0 Å². The van der Waals surface area contributed by atoms with Gasteiger partial charge in [0.25, 0.3) is 15.9 Å². The summed E-state index contributed by atoms with van der Waals surface area (Å²) >= 11 is 0. The maximum atomic E-state index is 15.4. The second kappa shape index (κ2) is 14.4. The minimum atomic E-state index is -5.09. The van der Waals surface area contributed by atoms with Crippen LogP contribution in [0.2, 0.25) is 0 Å². The summed E-state index contributed by atoms with van der Waals surface area (Å²) < 4.78 is 135. The minimum absolute atomic E-state index is 0.000514. The number of nitrogens with zero attached hydrogens (tertiary/aromatic N) is 7. The zero-order chi connectivity index (χ0) is 44.0. The molecule has 2 aliphatic rings. The first-order chi connectivity index (χ1) is 28.5. The molecule has 0 radical (unpaired) electrons. The summed E-state index contributed by atoms with van der Waals surface area (Å²) in [5, 5.41) is 20.9. The van der Waals surface area contributed by atoms with Gasteiger partial charge in [-0.2, -0.15) is 40.6 Å². The Balaban J connectivity index is 1.25. The normalized spacial score (nSPS) is 17.4. The van der Waals surface area contributed by atoms with Crippen molar-refractivity contribution in [3.63, 3.8) is 0 Å². The van der Waals surface area contributed by atoms with Crippen molar-refractivity contribution < 1.29 is 49.1 Å². The van der Waals surface area contributed by atoms with Crippen LogP contribution >= 0.6 is 0 Å². The number of benzene rings is 2. The van der Waals surface area contributed by atoms with Crippen LogP contribution in [0, 0.1) is 29.4 Å². The Kier molecular flexibility index (Phi) is 9.81. The fourth-order valence-electron chi connectivity index (χ4n) is 7.74. The van der Waals surface area contributed by atoms with Crippen molar-refractivity contribution in [1.29, 1.82) is 0 Å². The molecule has 6 aromatic rings. The van der Waals surface area contributed by atoms with Gasteiger partial charge in [0, 0.05) is 54.4 Å². The average Bonchev–Trinajstić information content (AvgIpc) is 3.37. The molecule has 4 heterocycles. The van der Waals surface area contributed by atoms with Crippen LogP contribution < -0.4 is 10.0 Å². The van der Waals surface area contributed by atoms with Gasteiger partial charge in [-0.3, -0.25) is 18.9 Å². The number of aromatic nitrogens is 7. The molecule has 0 aliphatic heterocycles. The van der Waals surface area contributed by atoms with Gasteiger partial charge in [-0.05, 0) is 74.4 Å². The van der Waals surface area contributed by atoms with Crippen molar-refractivity contribution in [2.75, 3.05) is 4.72 Å². The number of anilines is 1. The number of para-hydroxylation sites is 1. The molecule has 3 N–H and O–H groups in total. The van der Waals surface area contributed by atoms with Crippen LogP contribution in [-0.4, -0.2) is 59.1 Å². The van der Waals surface area contributed by atoms with Crippen LogP contribution in [0.1, 0.15) is 66.1 Å². The molecule has 2 aliphatic carbocycles. The molecule has 318 valence electrons. The largest absolute Gasteiger partial charge is 0.435 e. The number of fused-ring (bicyclic) bond motifs is 4. The van der Waals surface area contributed by atoms with E-state index in [0.717, 1.165) is 12.1 Å². The number of aryl methyl sites for hydroxylation is 2. The Morgan fingerprint density at radius 3 is 2.43 bits per heavy atom. The van der Waals surface area contributed by atoms with E-state index in [2.05, 4.69) is 37.1 Å². The molecule has 3 atom stereocenters. The van der Waals surface area contributed by atoms with Gasteiger partial charge < -0.3 is 15.0 Å². The van der Waals surface area contributed by atoms with Crippen LogP contribution in [-0.2, 0) is 54.0 Å². The molecule has 21 heteroatoms. The lowest BCUT2D eigenvalue weighted by molar-refractivity contribution is -0.142. The number of imidazole rings is 1. The third kappa shape index (κ3) is 7.92. The lowest BCUT2D eigenvalue weighted by atomic mass is 9.93. The van der Waals surface area contributed by atoms with E-state index in [1.165, 1.54) is 48.7 Å². The Hall–Kier alpha value is -6.27. The number of hydrogen-bond donors (Lipinski definition) is 3. The first-order valence-electron chi connectivity index (χ1n) is 18.5. The first-order valence-corrected chi connectivity index (χ1v) is 20.0. The highest BCUT2D eigenvalue weighted by molar-refractivity contribution is 7.92. The molecular weight excluding hydrogens is 836 g/mol.